The van der Waals surface area contributed by atoms with E-state index < -0.39 is 10.0 Å². The van der Waals surface area contributed by atoms with Crippen LogP contribution in [0.3, 0.4) is 0 Å². The Balaban J connectivity index is 3.17. The molecule has 0 fully saturated rings. The van der Waals surface area contributed by atoms with Crippen molar-refractivity contribution in [3.63, 3.8) is 0 Å². The number of hydrogen-bond donors (Lipinski definition) is 2. The molecule has 0 heterocycles. The summed E-state index contributed by atoms with van der Waals surface area (Å²) >= 11 is 3.20. The quantitative estimate of drug-likeness (QED) is 0.799. The third-order valence-electron chi connectivity index (χ3n) is 3.87. The van der Waals surface area contributed by atoms with Crippen LogP contribution in [0.5, 0.6) is 0 Å². The standard InChI is InChI=1S/C14H21BrN2O3S/c1-4-14(5-2,6-3)17-13(18)10-7-11(15)9-12(8-10)21(16,19)20/h7-9H,4-6H2,1-3H3,(H,17,18)(H2,16,19,20). The Bertz CT molecular complexity index is 617. The molecule has 21 heavy (non-hydrogen) atoms. The maximum Gasteiger partial charge on any atom is 0.251 e. The van der Waals surface area contributed by atoms with Crippen molar-refractivity contribution in [3.8, 4) is 0 Å². The van der Waals surface area contributed by atoms with Gasteiger partial charge < -0.3 is 5.32 Å². The fourth-order valence-corrected chi connectivity index (χ4v) is 3.41. The number of benzene rings is 1. The van der Waals surface area contributed by atoms with E-state index >= 15 is 0 Å². The van der Waals surface area contributed by atoms with E-state index in [0.717, 1.165) is 19.3 Å². The van der Waals surface area contributed by atoms with E-state index in [0.29, 0.717) is 4.47 Å². The molecule has 0 aliphatic heterocycles. The smallest absolute Gasteiger partial charge is 0.251 e. The Morgan fingerprint density at radius 2 is 1.71 bits per heavy atom. The molecule has 0 aromatic heterocycles. The van der Waals surface area contributed by atoms with E-state index in [1.54, 1.807) is 6.07 Å². The van der Waals surface area contributed by atoms with Crippen molar-refractivity contribution in [3.05, 3.63) is 28.2 Å². The second kappa shape index (κ2) is 6.89. The van der Waals surface area contributed by atoms with E-state index in [-0.39, 0.29) is 21.9 Å². The summed E-state index contributed by atoms with van der Waals surface area (Å²) in [6.07, 6.45) is 2.42. The minimum Gasteiger partial charge on any atom is -0.347 e. The Kier molecular flexibility index (Phi) is 5.95. The first-order valence-corrected chi connectivity index (χ1v) is 9.17. The van der Waals surface area contributed by atoms with Gasteiger partial charge in [-0.1, -0.05) is 36.7 Å². The zero-order valence-electron chi connectivity index (χ0n) is 12.4. The van der Waals surface area contributed by atoms with Crippen LogP contribution >= 0.6 is 15.9 Å². The van der Waals surface area contributed by atoms with Gasteiger partial charge in [0.05, 0.1) is 4.90 Å². The molecule has 1 amide bonds. The zero-order chi connectivity index (χ0) is 16.3. The lowest BCUT2D eigenvalue weighted by Crippen LogP contribution is -2.47. The van der Waals surface area contributed by atoms with Crippen LogP contribution in [-0.4, -0.2) is 19.9 Å². The maximum absolute atomic E-state index is 12.4. The molecule has 5 nitrogen and oxygen atoms in total. The summed E-state index contributed by atoms with van der Waals surface area (Å²) in [6, 6.07) is 4.25. The van der Waals surface area contributed by atoms with Crippen molar-refractivity contribution < 1.29 is 13.2 Å². The molecule has 0 saturated carbocycles. The molecule has 1 aromatic rings. The minimum atomic E-state index is -3.85. The largest absolute Gasteiger partial charge is 0.347 e. The molecule has 0 aliphatic carbocycles. The Morgan fingerprint density at radius 1 is 1.19 bits per heavy atom. The van der Waals surface area contributed by atoms with Crippen LogP contribution in [0.4, 0.5) is 0 Å². The summed E-state index contributed by atoms with van der Waals surface area (Å²) in [6.45, 7) is 6.05. The highest BCUT2D eigenvalue weighted by molar-refractivity contribution is 9.10. The Hall–Kier alpha value is -0.920. The number of nitrogens with one attached hydrogen (secondary N) is 1. The molecular formula is C14H21BrN2O3S. The highest BCUT2D eigenvalue weighted by Gasteiger charge is 2.26. The minimum absolute atomic E-state index is 0.0860. The van der Waals surface area contributed by atoms with Crippen LogP contribution in [-0.2, 0) is 10.0 Å². The van der Waals surface area contributed by atoms with Gasteiger partial charge in [0.15, 0.2) is 0 Å². The van der Waals surface area contributed by atoms with Crippen LogP contribution in [0, 0.1) is 0 Å². The molecule has 0 aliphatic rings. The number of nitrogens with two attached hydrogens (primary N) is 1. The Labute approximate surface area is 134 Å². The molecule has 1 rings (SSSR count). The van der Waals surface area contributed by atoms with Gasteiger partial charge in [0, 0.05) is 15.6 Å². The van der Waals surface area contributed by atoms with E-state index in [1.807, 2.05) is 20.8 Å². The summed E-state index contributed by atoms with van der Waals surface area (Å²) in [4.78, 5) is 12.3. The summed E-state index contributed by atoms with van der Waals surface area (Å²) in [5, 5.41) is 8.13. The number of halogens is 1. The average Bonchev–Trinajstić information content (AvgIpc) is 2.43. The van der Waals surface area contributed by atoms with Gasteiger partial charge >= 0.3 is 0 Å². The SMILES string of the molecule is CCC(CC)(CC)NC(=O)c1cc(Br)cc(S(N)(=O)=O)c1. The van der Waals surface area contributed by atoms with Crippen LogP contribution < -0.4 is 10.5 Å². The van der Waals surface area contributed by atoms with Gasteiger partial charge in [-0.2, -0.15) is 0 Å². The molecule has 0 radical (unpaired) electrons. The second-order valence-electron chi connectivity index (χ2n) is 5.02. The first kappa shape index (κ1) is 18.1. The van der Waals surface area contributed by atoms with Crippen molar-refractivity contribution >= 4 is 31.9 Å². The van der Waals surface area contributed by atoms with Crippen molar-refractivity contribution in [1.82, 2.24) is 5.32 Å². The van der Waals surface area contributed by atoms with Crippen LogP contribution in [0.2, 0.25) is 0 Å². The highest BCUT2D eigenvalue weighted by Crippen LogP contribution is 2.22. The molecule has 0 saturated heterocycles. The fourth-order valence-electron chi connectivity index (χ4n) is 2.19. The topological polar surface area (TPSA) is 89.3 Å². The lowest BCUT2D eigenvalue weighted by atomic mass is 9.89. The summed E-state index contributed by atoms with van der Waals surface area (Å²) in [5.41, 5.74) is -0.00522. The number of rotatable bonds is 6. The Morgan fingerprint density at radius 3 is 2.14 bits per heavy atom. The first-order valence-electron chi connectivity index (χ1n) is 6.83. The molecule has 0 atom stereocenters. The predicted octanol–water partition coefficient (Wildman–Crippen LogP) is 2.80. The third kappa shape index (κ3) is 4.52. The predicted molar refractivity (Wildman–Crippen MR) is 86.6 cm³/mol. The van der Waals surface area contributed by atoms with Gasteiger partial charge in [0.1, 0.15) is 0 Å². The molecular weight excluding hydrogens is 356 g/mol. The van der Waals surface area contributed by atoms with E-state index in [4.69, 9.17) is 5.14 Å². The molecule has 0 unspecified atom stereocenters. The van der Waals surface area contributed by atoms with Crippen molar-refractivity contribution in [2.24, 2.45) is 5.14 Å². The first-order chi connectivity index (χ1) is 9.67. The van der Waals surface area contributed by atoms with E-state index in [2.05, 4.69) is 21.2 Å². The molecule has 7 heteroatoms. The average molecular weight is 377 g/mol. The third-order valence-corrected chi connectivity index (χ3v) is 5.22. The maximum atomic E-state index is 12.4. The van der Waals surface area contributed by atoms with E-state index in [9.17, 15) is 13.2 Å². The number of primary sulfonamides is 1. The lowest BCUT2D eigenvalue weighted by Gasteiger charge is -2.31. The van der Waals surface area contributed by atoms with E-state index in [1.165, 1.54) is 12.1 Å². The summed E-state index contributed by atoms with van der Waals surface area (Å²) < 4.78 is 23.4. The monoisotopic (exact) mass is 376 g/mol. The van der Waals surface area contributed by atoms with Crippen LogP contribution in [0.15, 0.2) is 27.6 Å². The molecule has 3 N–H and O–H groups in total. The number of hydrogen-bond acceptors (Lipinski definition) is 3. The summed E-state index contributed by atoms with van der Waals surface area (Å²) in [7, 11) is -3.85. The molecule has 0 spiro atoms. The van der Waals surface area contributed by atoms with Gasteiger partial charge in [-0.15, -0.1) is 0 Å². The normalized spacial score (nSPS) is 12.2. The second-order valence-corrected chi connectivity index (χ2v) is 7.49. The van der Waals surface area contributed by atoms with Crippen molar-refractivity contribution in [2.45, 2.75) is 50.5 Å². The van der Waals surface area contributed by atoms with Gasteiger partial charge in [0.2, 0.25) is 10.0 Å². The molecule has 118 valence electrons. The summed E-state index contributed by atoms with van der Waals surface area (Å²) in [5.74, 6) is -0.299. The zero-order valence-corrected chi connectivity index (χ0v) is 14.8. The molecule has 1 aromatic carbocycles. The number of carbonyl (C=O) groups excluding carboxylic acids is 1. The lowest BCUT2D eigenvalue weighted by molar-refractivity contribution is 0.0888. The van der Waals surface area contributed by atoms with Crippen molar-refractivity contribution in [1.29, 1.82) is 0 Å². The van der Waals surface area contributed by atoms with Crippen LogP contribution in [0.25, 0.3) is 0 Å². The van der Waals surface area contributed by atoms with Crippen molar-refractivity contribution in [2.75, 3.05) is 0 Å². The number of sulfonamides is 1. The van der Waals surface area contributed by atoms with Gasteiger partial charge in [-0.25, -0.2) is 13.6 Å². The number of carbonyl (C=O) groups is 1. The van der Waals surface area contributed by atoms with Gasteiger partial charge in [-0.3, -0.25) is 4.79 Å². The highest BCUT2D eigenvalue weighted by atomic mass is 79.9. The fraction of sp³-hybridized carbons (Fsp3) is 0.500. The van der Waals surface area contributed by atoms with Gasteiger partial charge in [0.25, 0.3) is 5.91 Å². The van der Waals surface area contributed by atoms with Crippen LogP contribution in [0.1, 0.15) is 50.4 Å². The number of amides is 1. The van der Waals surface area contributed by atoms with Gasteiger partial charge in [-0.05, 0) is 37.5 Å². The molecule has 0 bridgehead atoms.